The second kappa shape index (κ2) is 5.50. The highest BCUT2D eigenvalue weighted by atomic mass is 32.2. The number of thiocarbonyl (C=S) groups is 1. The van der Waals surface area contributed by atoms with Gasteiger partial charge in [0.05, 0.1) is 17.3 Å². The van der Waals surface area contributed by atoms with Crippen LogP contribution in [0.4, 0.5) is 5.69 Å². The number of ether oxygens (including phenoxy) is 1. The highest BCUT2D eigenvalue weighted by molar-refractivity contribution is 7.94. The summed E-state index contributed by atoms with van der Waals surface area (Å²) in [5, 5.41) is 7.44. The van der Waals surface area contributed by atoms with Crippen molar-refractivity contribution in [1.82, 2.24) is 10.3 Å². The number of hydrogen-bond acceptors (Lipinski definition) is 6. The number of para-hydroxylation sites is 1. The zero-order valence-electron chi connectivity index (χ0n) is 11.1. The van der Waals surface area contributed by atoms with E-state index in [4.69, 9.17) is 17.0 Å². The number of nitrogens with one attached hydrogen (secondary N) is 2. The number of nitrogens with zero attached hydrogens (tertiary/aromatic N) is 1. The van der Waals surface area contributed by atoms with Gasteiger partial charge in [0.25, 0.3) is 5.17 Å². The van der Waals surface area contributed by atoms with Crippen LogP contribution >= 0.6 is 12.2 Å². The van der Waals surface area contributed by atoms with Crippen LogP contribution < -0.4 is 10.1 Å². The quantitative estimate of drug-likeness (QED) is 0.657. The van der Waals surface area contributed by atoms with Gasteiger partial charge in [-0.05, 0) is 29.5 Å². The molecule has 0 spiro atoms. The molecule has 2 aromatic rings. The maximum atomic E-state index is 11.3. The maximum absolute atomic E-state index is 11.3. The molecule has 0 aliphatic carbocycles. The number of hydrogen-bond donors (Lipinski definition) is 2. The summed E-state index contributed by atoms with van der Waals surface area (Å²) < 4.78 is 28.0. The molecule has 2 N–H and O–H groups in total. The molecular weight excluding hydrogens is 326 g/mol. The molecule has 22 heavy (non-hydrogen) atoms. The smallest absolute Gasteiger partial charge is 0.264 e. The fourth-order valence-electron chi connectivity index (χ4n) is 2.21. The van der Waals surface area contributed by atoms with Crippen molar-refractivity contribution in [3.05, 3.63) is 40.7 Å². The van der Waals surface area contributed by atoms with E-state index < -0.39 is 15.9 Å². The molecule has 0 bridgehead atoms. The molecule has 2 heterocycles. The summed E-state index contributed by atoms with van der Waals surface area (Å²) in [6.45, 7) is 0. The molecule has 0 amide bonds. The van der Waals surface area contributed by atoms with Crippen molar-refractivity contribution in [3.8, 4) is 5.88 Å². The number of aromatic nitrogens is 1. The van der Waals surface area contributed by atoms with Crippen molar-refractivity contribution in [2.24, 2.45) is 5.18 Å². The average molecular weight is 337 g/mol. The van der Waals surface area contributed by atoms with Gasteiger partial charge in [-0.1, -0.05) is 18.2 Å². The first-order valence-electron chi connectivity index (χ1n) is 6.32. The summed E-state index contributed by atoms with van der Waals surface area (Å²) in [4.78, 5) is 13.9. The largest absolute Gasteiger partial charge is 0.412 e. The molecule has 1 unspecified atom stereocenters. The normalized spacial score (nSPS) is 19.2. The Balaban J connectivity index is 1.77. The SMILES string of the molecule is O=Nc1c(OC(=S)NC2C=CS(=O)(=O)C2)[nH]c2ccccc12. The van der Waals surface area contributed by atoms with Crippen LogP contribution in [0.5, 0.6) is 5.88 Å². The minimum atomic E-state index is -3.18. The second-order valence-corrected chi connectivity index (χ2v) is 7.04. The Morgan fingerprint density at radius 3 is 2.86 bits per heavy atom. The van der Waals surface area contributed by atoms with Gasteiger partial charge in [-0.25, -0.2) is 8.42 Å². The first-order chi connectivity index (χ1) is 10.5. The fourth-order valence-corrected chi connectivity index (χ4v) is 3.68. The lowest BCUT2D eigenvalue weighted by atomic mass is 10.2. The van der Waals surface area contributed by atoms with Gasteiger partial charge in [-0.15, -0.1) is 4.91 Å². The van der Waals surface area contributed by atoms with Crippen LogP contribution in [-0.4, -0.2) is 30.4 Å². The first kappa shape index (κ1) is 14.7. The molecule has 7 nitrogen and oxygen atoms in total. The van der Waals surface area contributed by atoms with Crippen molar-refractivity contribution in [3.63, 3.8) is 0 Å². The van der Waals surface area contributed by atoms with Crippen LogP contribution in [-0.2, 0) is 9.84 Å². The molecule has 0 radical (unpaired) electrons. The van der Waals surface area contributed by atoms with Crippen LogP contribution in [0.25, 0.3) is 10.9 Å². The number of H-pyrrole nitrogens is 1. The molecule has 1 aliphatic heterocycles. The van der Waals surface area contributed by atoms with Crippen molar-refractivity contribution in [2.75, 3.05) is 5.75 Å². The molecule has 0 fully saturated rings. The Labute approximate surface area is 131 Å². The molecular formula is C13H11N3O4S2. The summed E-state index contributed by atoms with van der Waals surface area (Å²) in [6.07, 6.45) is 1.50. The molecule has 3 rings (SSSR count). The second-order valence-electron chi connectivity index (χ2n) is 4.74. The number of sulfone groups is 1. The summed E-state index contributed by atoms with van der Waals surface area (Å²) in [6, 6.07) is 6.65. The lowest BCUT2D eigenvalue weighted by molar-refractivity contribution is 0.511. The minimum Gasteiger partial charge on any atom is -0.412 e. The monoisotopic (exact) mass is 337 g/mol. The van der Waals surface area contributed by atoms with Gasteiger partial charge in [0.15, 0.2) is 15.5 Å². The summed E-state index contributed by atoms with van der Waals surface area (Å²) in [5.41, 5.74) is 0.813. The van der Waals surface area contributed by atoms with Gasteiger partial charge in [0.2, 0.25) is 5.88 Å². The Kier molecular flexibility index (Phi) is 3.67. The van der Waals surface area contributed by atoms with E-state index in [1.54, 1.807) is 18.2 Å². The van der Waals surface area contributed by atoms with Crippen LogP contribution in [0.3, 0.4) is 0 Å². The number of aromatic amines is 1. The zero-order valence-corrected chi connectivity index (χ0v) is 12.8. The molecule has 9 heteroatoms. The van der Waals surface area contributed by atoms with Gasteiger partial charge in [0.1, 0.15) is 0 Å². The number of nitroso groups, excluding NO2 is 1. The fraction of sp³-hybridized carbons (Fsp3) is 0.154. The van der Waals surface area contributed by atoms with Gasteiger partial charge >= 0.3 is 0 Å². The highest BCUT2D eigenvalue weighted by Crippen LogP contribution is 2.35. The van der Waals surface area contributed by atoms with E-state index in [2.05, 4.69) is 15.5 Å². The van der Waals surface area contributed by atoms with Gasteiger partial charge in [-0.3, -0.25) is 0 Å². The van der Waals surface area contributed by atoms with Gasteiger partial charge in [0, 0.05) is 10.8 Å². The summed E-state index contributed by atoms with van der Waals surface area (Å²) in [7, 11) is -3.18. The predicted molar refractivity (Wildman–Crippen MR) is 86.8 cm³/mol. The van der Waals surface area contributed by atoms with E-state index >= 15 is 0 Å². The van der Waals surface area contributed by atoms with Crippen molar-refractivity contribution >= 4 is 43.8 Å². The Morgan fingerprint density at radius 1 is 1.41 bits per heavy atom. The van der Waals surface area contributed by atoms with Crippen LogP contribution in [0.15, 0.2) is 40.9 Å². The van der Waals surface area contributed by atoms with E-state index in [0.717, 1.165) is 5.41 Å². The van der Waals surface area contributed by atoms with Gasteiger partial charge < -0.3 is 15.0 Å². The average Bonchev–Trinajstić information content (AvgIpc) is 2.97. The van der Waals surface area contributed by atoms with E-state index in [0.29, 0.717) is 10.9 Å². The number of fused-ring (bicyclic) bond motifs is 1. The van der Waals surface area contributed by atoms with E-state index in [-0.39, 0.29) is 22.5 Å². The van der Waals surface area contributed by atoms with Crippen molar-refractivity contribution in [2.45, 2.75) is 6.04 Å². The molecule has 1 atom stereocenters. The summed E-state index contributed by atoms with van der Waals surface area (Å²) >= 11 is 5.03. The Hall–Kier alpha value is -2.26. The maximum Gasteiger partial charge on any atom is 0.264 e. The predicted octanol–water partition coefficient (Wildman–Crippen LogP) is 2.13. The summed E-state index contributed by atoms with van der Waals surface area (Å²) in [5.74, 6) is 0.0423. The molecule has 1 aromatic heterocycles. The standard InChI is InChI=1S/C13H11N3O4S2/c17-16-11-9-3-1-2-4-10(9)15-12(11)20-13(21)14-8-5-6-22(18,19)7-8/h1-6,8,15H,7H2,(H,14,21). The third kappa shape index (κ3) is 2.85. The topological polar surface area (TPSA) is 101 Å². The molecule has 1 aliphatic rings. The van der Waals surface area contributed by atoms with Crippen LogP contribution in [0.1, 0.15) is 0 Å². The van der Waals surface area contributed by atoms with Gasteiger partial charge in [-0.2, -0.15) is 0 Å². The van der Waals surface area contributed by atoms with Crippen LogP contribution in [0.2, 0.25) is 0 Å². The van der Waals surface area contributed by atoms with Crippen molar-refractivity contribution < 1.29 is 13.2 Å². The number of rotatable bonds is 3. The van der Waals surface area contributed by atoms with Crippen LogP contribution in [0, 0.1) is 4.91 Å². The Morgan fingerprint density at radius 2 is 2.18 bits per heavy atom. The number of benzene rings is 1. The van der Waals surface area contributed by atoms with E-state index in [9.17, 15) is 13.3 Å². The minimum absolute atomic E-state index is 0.0387. The molecule has 0 saturated heterocycles. The molecule has 114 valence electrons. The third-order valence-electron chi connectivity index (χ3n) is 3.16. The lowest BCUT2D eigenvalue weighted by Gasteiger charge is -2.12. The van der Waals surface area contributed by atoms with E-state index in [1.807, 2.05) is 6.07 Å². The Bertz CT molecular complexity index is 886. The molecule has 1 aromatic carbocycles. The molecule has 0 saturated carbocycles. The lowest BCUT2D eigenvalue weighted by Crippen LogP contribution is -2.37. The van der Waals surface area contributed by atoms with Crippen molar-refractivity contribution in [1.29, 1.82) is 0 Å². The zero-order chi connectivity index (χ0) is 15.7. The third-order valence-corrected chi connectivity index (χ3v) is 4.76. The van der Waals surface area contributed by atoms with E-state index in [1.165, 1.54) is 6.08 Å². The highest BCUT2D eigenvalue weighted by Gasteiger charge is 2.23. The first-order valence-corrected chi connectivity index (χ1v) is 8.44.